The first-order valence-corrected chi connectivity index (χ1v) is 5.79. The molecule has 0 saturated carbocycles. The highest BCUT2D eigenvalue weighted by molar-refractivity contribution is 5.93. The summed E-state index contributed by atoms with van der Waals surface area (Å²) in [7, 11) is 4.73. The topological polar surface area (TPSA) is 91.8 Å². The molecule has 0 aliphatic heterocycles. The van der Waals surface area contributed by atoms with E-state index in [9.17, 15) is 4.79 Å². The molecule has 1 amide bonds. The van der Waals surface area contributed by atoms with Gasteiger partial charge >= 0.3 is 0 Å². The van der Waals surface area contributed by atoms with Gasteiger partial charge in [-0.1, -0.05) is 0 Å². The van der Waals surface area contributed by atoms with Crippen LogP contribution < -0.4 is 16.0 Å². The molecule has 0 aliphatic rings. The number of carbonyl (C=O) groups is 1. The molecule has 106 valence electrons. The van der Waals surface area contributed by atoms with Crippen molar-refractivity contribution in [3.63, 3.8) is 0 Å². The lowest BCUT2D eigenvalue weighted by Crippen LogP contribution is -2.37. The number of amides is 1. The van der Waals surface area contributed by atoms with E-state index in [1.165, 1.54) is 7.11 Å². The lowest BCUT2D eigenvalue weighted by atomic mass is 10.3. The summed E-state index contributed by atoms with van der Waals surface area (Å²) in [5.41, 5.74) is 0.315. The van der Waals surface area contributed by atoms with E-state index in [0.717, 1.165) is 0 Å². The van der Waals surface area contributed by atoms with Crippen LogP contribution in [0.25, 0.3) is 0 Å². The van der Waals surface area contributed by atoms with Gasteiger partial charge in [-0.3, -0.25) is 4.79 Å². The predicted octanol–water partition coefficient (Wildman–Crippen LogP) is -1.24. The second kappa shape index (κ2) is 10.7. The minimum atomic E-state index is -0.286. The highest BCUT2D eigenvalue weighted by Gasteiger charge is 2.14. The number of hydrogen-bond acceptors (Lipinski definition) is 6. The molecule has 0 radical (unpaired) electrons. The largest absolute Gasteiger partial charge is 0.481 e. The molecule has 0 rings (SSSR count). The Balaban J connectivity index is 4.53. The fourth-order valence-corrected chi connectivity index (χ4v) is 1.24. The highest BCUT2D eigenvalue weighted by atomic mass is 16.5. The Bertz CT molecular complexity index is 263. The molecule has 0 heterocycles. The number of ether oxygens (including phenoxy) is 2. The standard InChI is InChI=1S/C11H23N3O4/c1-12-11(18-3)9(13-6-8-17-2)10(16)14-5-4-7-15/h12-13,15H,4-8H2,1-3H3,(H,14,16)/b11-9+. The number of aliphatic hydroxyl groups is 1. The number of rotatable bonds is 10. The van der Waals surface area contributed by atoms with Crippen LogP contribution in [0.1, 0.15) is 6.42 Å². The zero-order valence-corrected chi connectivity index (χ0v) is 11.2. The summed E-state index contributed by atoms with van der Waals surface area (Å²) in [6.07, 6.45) is 0.513. The van der Waals surface area contributed by atoms with Gasteiger partial charge in [-0.25, -0.2) is 0 Å². The maximum atomic E-state index is 11.9. The second-order valence-electron chi connectivity index (χ2n) is 3.41. The van der Waals surface area contributed by atoms with Gasteiger partial charge in [0.05, 0.1) is 13.7 Å². The van der Waals surface area contributed by atoms with Crippen molar-refractivity contribution in [2.24, 2.45) is 0 Å². The Labute approximate surface area is 108 Å². The smallest absolute Gasteiger partial charge is 0.272 e. The summed E-state index contributed by atoms with van der Waals surface area (Å²) >= 11 is 0. The normalized spacial score (nSPS) is 11.6. The van der Waals surface area contributed by atoms with Crippen molar-refractivity contribution in [1.29, 1.82) is 0 Å². The minimum Gasteiger partial charge on any atom is -0.481 e. The number of nitrogens with one attached hydrogen (secondary N) is 3. The van der Waals surface area contributed by atoms with Crippen LogP contribution in [0, 0.1) is 0 Å². The molecule has 0 aliphatic carbocycles. The van der Waals surface area contributed by atoms with Gasteiger partial charge in [-0.2, -0.15) is 0 Å². The van der Waals surface area contributed by atoms with E-state index < -0.39 is 0 Å². The van der Waals surface area contributed by atoms with Crippen molar-refractivity contribution in [3.05, 3.63) is 11.6 Å². The lowest BCUT2D eigenvalue weighted by Gasteiger charge is -2.15. The van der Waals surface area contributed by atoms with Gasteiger partial charge in [0.25, 0.3) is 5.91 Å². The average Bonchev–Trinajstić information content (AvgIpc) is 2.38. The predicted molar refractivity (Wildman–Crippen MR) is 67.7 cm³/mol. The van der Waals surface area contributed by atoms with Crippen LogP contribution in [0.4, 0.5) is 0 Å². The molecular formula is C11H23N3O4. The first-order chi connectivity index (χ1) is 8.71. The maximum Gasteiger partial charge on any atom is 0.272 e. The van der Waals surface area contributed by atoms with E-state index in [4.69, 9.17) is 14.6 Å². The van der Waals surface area contributed by atoms with Gasteiger partial charge in [-0.15, -0.1) is 0 Å². The van der Waals surface area contributed by atoms with Crippen molar-refractivity contribution in [3.8, 4) is 0 Å². The van der Waals surface area contributed by atoms with Crippen LogP contribution in [-0.2, 0) is 14.3 Å². The number of methoxy groups -OCH3 is 2. The minimum absolute atomic E-state index is 0.0413. The van der Waals surface area contributed by atoms with Crippen molar-refractivity contribution >= 4 is 5.91 Å². The van der Waals surface area contributed by atoms with Crippen LogP contribution in [-0.4, -0.2) is 58.6 Å². The van der Waals surface area contributed by atoms with Gasteiger partial charge in [0.15, 0.2) is 5.70 Å². The Morgan fingerprint density at radius 3 is 2.44 bits per heavy atom. The number of aliphatic hydroxyl groups excluding tert-OH is 1. The molecule has 0 aromatic rings. The summed E-state index contributed by atoms with van der Waals surface area (Å²) in [4.78, 5) is 11.9. The van der Waals surface area contributed by atoms with Crippen LogP contribution in [0.3, 0.4) is 0 Å². The van der Waals surface area contributed by atoms with Crippen LogP contribution >= 0.6 is 0 Å². The Morgan fingerprint density at radius 2 is 1.94 bits per heavy atom. The van der Waals surface area contributed by atoms with Crippen molar-refractivity contribution < 1.29 is 19.4 Å². The quantitative estimate of drug-likeness (QED) is 0.223. The zero-order chi connectivity index (χ0) is 13.8. The second-order valence-corrected chi connectivity index (χ2v) is 3.41. The van der Waals surface area contributed by atoms with E-state index in [1.807, 2.05) is 0 Å². The van der Waals surface area contributed by atoms with Gasteiger partial charge < -0.3 is 30.5 Å². The zero-order valence-electron chi connectivity index (χ0n) is 11.2. The lowest BCUT2D eigenvalue weighted by molar-refractivity contribution is -0.118. The molecule has 0 aromatic carbocycles. The number of hydrogen-bond donors (Lipinski definition) is 4. The Kier molecular flexibility index (Phi) is 9.80. The fraction of sp³-hybridized carbons (Fsp3) is 0.727. The van der Waals surface area contributed by atoms with Crippen LogP contribution in [0.5, 0.6) is 0 Å². The first-order valence-electron chi connectivity index (χ1n) is 5.79. The summed E-state index contributed by atoms with van der Waals surface area (Å²) in [5, 5.41) is 17.1. The molecule has 7 heteroatoms. The van der Waals surface area contributed by atoms with E-state index in [-0.39, 0.29) is 12.5 Å². The highest BCUT2D eigenvalue weighted by Crippen LogP contribution is 1.99. The molecule has 0 atom stereocenters. The Morgan fingerprint density at radius 1 is 1.22 bits per heavy atom. The monoisotopic (exact) mass is 261 g/mol. The van der Waals surface area contributed by atoms with E-state index in [2.05, 4.69) is 16.0 Å². The van der Waals surface area contributed by atoms with Gasteiger partial charge in [0.2, 0.25) is 5.88 Å². The van der Waals surface area contributed by atoms with Crippen LogP contribution in [0.2, 0.25) is 0 Å². The third-order valence-corrected chi connectivity index (χ3v) is 2.11. The third kappa shape index (κ3) is 6.31. The fourth-order valence-electron chi connectivity index (χ4n) is 1.24. The van der Waals surface area contributed by atoms with Crippen molar-refractivity contribution in [2.45, 2.75) is 6.42 Å². The molecule has 0 bridgehead atoms. The molecule has 18 heavy (non-hydrogen) atoms. The maximum absolute atomic E-state index is 11.9. The Hall–Kier alpha value is -1.47. The molecule has 0 unspecified atom stereocenters. The molecule has 4 N–H and O–H groups in total. The summed E-state index contributed by atoms with van der Waals surface area (Å²) in [6, 6.07) is 0. The van der Waals surface area contributed by atoms with Gasteiger partial charge in [0.1, 0.15) is 0 Å². The molecule has 7 nitrogen and oxygen atoms in total. The summed E-state index contributed by atoms with van der Waals surface area (Å²) in [6.45, 7) is 1.42. The van der Waals surface area contributed by atoms with Crippen LogP contribution in [0.15, 0.2) is 11.6 Å². The van der Waals surface area contributed by atoms with Crippen molar-refractivity contribution in [2.75, 3.05) is 47.6 Å². The molecule has 0 spiro atoms. The van der Waals surface area contributed by atoms with Gasteiger partial charge in [0, 0.05) is 33.9 Å². The number of carbonyl (C=O) groups excluding carboxylic acids is 1. The molecular weight excluding hydrogens is 238 g/mol. The van der Waals surface area contributed by atoms with E-state index in [1.54, 1.807) is 14.2 Å². The van der Waals surface area contributed by atoms with Crippen molar-refractivity contribution in [1.82, 2.24) is 16.0 Å². The first kappa shape index (κ1) is 16.5. The van der Waals surface area contributed by atoms with E-state index >= 15 is 0 Å². The average molecular weight is 261 g/mol. The SMILES string of the molecule is CN/C(OC)=C(\NCCOC)C(=O)NCCCO. The molecule has 0 aromatic heterocycles. The third-order valence-electron chi connectivity index (χ3n) is 2.11. The van der Waals surface area contributed by atoms with E-state index in [0.29, 0.717) is 37.7 Å². The molecule has 0 saturated heterocycles. The van der Waals surface area contributed by atoms with Gasteiger partial charge in [-0.05, 0) is 6.42 Å². The molecule has 0 fully saturated rings. The summed E-state index contributed by atoms with van der Waals surface area (Å²) < 4.78 is 9.98. The summed E-state index contributed by atoms with van der Waals surface area (Å²) in [5.74, 6) is 0.0679.